The standard InChI is InChI=1S/C13H23NO3/c1-10(9-11-5-3-4-6-11)13(17)14(2)8-7-12(15)16/h10-11H,3-9H2,1-2H3,(H,15,16). The molecule has 0 spiro atoms. The van der Waals surface area contributed by atoms with Crippen LogP contribution in [0.1, 0.15) is 45.4 Å². The van der Waals surface area contributed by atoms with Gasteiger partial charge in [0.1, 0.15) is 0 Å². The molecule has 4 heteroatoms. The molecule has 1 saturated carbocycles. The summed E-state index contributed by atoms with van der Waals surface area (Å²) in [6, 6.07) is 0. The van der Waals surface area contributed by atoms with Crippen LogP contribution in [0.25, 0.3) is 0 Å². The van der Waals surface area contributed by atoms with Crippen molar-refractivity contribution in [2.24, 2.45) is 11.8 Å². The summed E-state index contributed by atoms with van der Waals surface area (Å²) in [6.07, 6.45) is 6.06. The minimum atomic E-state index is -0.854. The van der Waals surface area contributed by atoms with Crippen LogP contribution in [0.5, 0.6) is 0 Å². The van der Waals surface area contributed by atoms with Crippen molar-refractivity contribution in [3.8, 4) is 0 Å². The number of rotatable bonds is 6. The minimum Gasteiger partial charge on any atom is -0.481 e. The fourth-order valence-corrected chi connectivity index (χ4v) is 2.60. The van der Waals surface area contributed by atoms with Gasteiger partial charge in [0.25, 0.3) is 0 Å². The van der Waals surface area contributed by atoms with E-state index >= 15 is 0 Å². The molecule has 1 unspecified atom stereocenters. The normalized spacial score (nSPS) is 18.0. The Labute approximate surface area is 103 Å². The highest BCUT2D eigenvalue weighted by molar-refractivity contribution is 5.78. The van der Waals surface area contributed by atoms with Crippen LogP contribution in [0.2, 0.25) is 0 Å². The average Bonchev–Trinajstić information content (AvgIpc) is 2.77. The Morgan fingerprint density at radius 1 is 1.35 bits per heavy atom. The number of hydrogen-bond acceptors (Lipinski definition) is 2. The van der Waals surface area contributed by atoms with E-state index in [4.69, 9.17) is 5.11 Å². The van der Waals surface area contributed by atoms with Crippen LogP contribution in [0.4, 0.5) is 0 Å². The summed E-state index contributed by atoms with van der Waals surface area (Å²) in [7, 11) is 1.69. The van der Waals surface area contributed by atoms with Crippen LogP contribution in [-0.4, -0.2) is 35.5 Å². The van der Waals surface area contributed by atoms with E-state index in [1.54, 1.807) is 11.9 Å². The molecule has 0 heterocycles. The van der Waals surface area contributed by atoms with E-state index in [1.165, 1.54) is 25.7 Å². The molecular formula is C13H23NO3. The molecule has 0 aromatic rings. The lowest BCUT2D eigenvalue weighted by Gasteiger charge is -2.22. The van der Waals surface area contributed by atoms with E-state index < -0.39 is 5.97 Å². The smallest absolute Gasteiger partial charge is 0.305 e. The number of carbonyl (C=O) groups excluding carboxylic acids is 1. The lowest BCUT2D eigenvalue weighted by Crippen LogP contribution is -2.34. The molecule has 1 aliphatic carbocycles. The molecule has 4 nitrogen and oxygen atoms in total. The summed E-state index contributed by atoms with van der Waals surface area (Å²) in [4.78, 5) is 24.0. The second kappa shape index (κ2) is 6.62. The molecule has 0 aliphatic heterocycles. The van der Waals surface area contributed by atoms with Crippen molar-refractivity contribution in [2.75, 3.05) is 13.6 Å². The molecule has 1 aliphatic rings. The quantitative estimate of drug-likeness (QED) is 0.775. The van der Waals surface area contributed by atoms with Gasteiger partial charge in [-0.15, -0.1) is 0 Å². The molecule has 0 bridgehead atoms. The maximum Gasteiger partial charge on any atom is 0.305 e. The van der Waals surface area contributed by atoms with Gasteiger partial charge >= 0.3 is 5.97 Å². The maximum atomic E-state index is 12.0. The molecule has 1 N–H and O–H groups in total. The molecule has 1 rings (SSSR count). The fraction of sp³-hybridized carbons (Fsp3) is 0.846. The Morgan fingerprint density at radius 3 is 2.47 bits per heavy atom. The molecule has 0 aromatic heterocycles. The molecule has 17 heavy (non-hydrogen) atoms. The van der Waals surface area contributed by atoms with Gasteiger partial charge < -0.3 is 10.0 Å². The van der Waals surface area contributed by atoms with Crippen molar-refractivity contribution in [1.29, 1.82) is 0 Å². The van der Waals surface area contributed by atoms with Gasteiger partial charge in [0.2, 0.25) is 5.91 Å². The largest absolute Gasteiger partial charge is 0.481 e. The van der Waals surface area contributed by atoms with Crippen molar-refractivity contribution < 1.29 is 14.7 Å². The van der Waals surface area contributed by atoms with E-state index in [2.05, 4.69) is 0 Å². The molecule has 1 amide bonds. The van der Waals surface area contributed by atoms with E-state index in [-0.39, 0.29) is 18.2 Å². The third kappa shape index (κ3) is 4.75. The first-order chi connectivity index (χ1) is 8.00. The highest BCUT2D eigenvalue weighted by Crippen LogP contribution is 2.30. The van der Waals surface area contributed by atoms with Crippen molar-refractivity contribution in [3.63, 3.8) is 0 Å². The molecule has 0 radical (unpaired) electrons. The van der Waals surface area contributed by atoms with Crippen molar-refractivity contribution in [2.45, 2.75) is 45.4 Å². The number of carbonyl (C=O) groups is 2. The topological polar surface area (TPSA) is 57.6 Å². The second-order valence-electron chi connectivity index (χ2n) is 5.19. The monoisotopic (exact) mass is 241 g/mol. The maximum absolute atomic E-state index is 12.0. The van der Waals surface area contributed by atoms with Gasteiger partial charge in [0.15, 0.2) is 0 Å². The third-order valence-electron chi connectivity index (χ3n) is 3.62. The summed E-state index contributed by atoms with van der Waals surface area (Å²) in [5, 5.41) is 8.57. The molecular weight excluding hydrogens is 218 g/mol. The van der Waals surface area contributed by atoms with Crippen LogP contribution in [-0.2, 0) is 9.59 Å². The number of amides is 1. The minimum absolute atomic E-state index is 0.0249. The van der Waals surface area contributed by atoms with Crippen molar-refractivity contribution >= 4 is 11.9 Å². The lowest BCUT2D eigenvalue weighted by molar-refractivity contribution is -0.139. The molecule has 1 atom stereocenters. The molecule has 0 saturated heterocycles. The molecule has 98 valence electrons. The van der Waals surface area contributed by atoms with Crippen LogP contribution in [0.15, 0.2) is 0 Å². The van der Waals surface area contributed by atoms with Gasteiger partial charge in [-0.1, -0.05) is 32.6 Å². The van der Waals surface area contributed by atoms with Gasteiger partial charge in [-0.2, -0.15) is 0 Å². The van der Waals surface area contributed by atoms with Gasteiger partial charge in [0, 0.05) is 19.5 Å². The highest BCUT2D eigenvalue weighted by atomic mass is 16.4. The summed E-state index contributed by atoms with van der Waals surface area (Å²) in [5.74, 6) is -0.0510. The SMILES string of the molecule is CC(CC1CCCC1)C(=O)N(C)CCC(=O)O. The van der Waals surface area contributed by atoms with E-state index in [0.717, 1.165) is 6.42 Å². The van der Waals surface area contributed by atoms with Crippen LogP contribution in [0.3, 0.4) is 0 Å². The van der Waals surface area contributed by atoms with Crippen molar-refractivity contribution in [3.05, 3.63) is 0 Å². The highest BCUT2D eigenvalue weighted by Gasteiger charge is 2.23. The number of nitrogens with zero attached hydrogens (tertiary/aromatic N) is 1. The second-order valence-corrected chi connectivity index (χ2v) is 5.19. The van der Waals surface area contributed by atoms with E-state index in [0.29, 0.717) is 12.5 Å². The fourth-order valence-electron chi connectivity index (χ4n) is 2.60. The number of aliphatic carboxylic acids is 1. The third-order valence-corrected chi connectivity index (χ3v) is 3.62. The Kier molecular flexibility index (Phi) is 5.45. The van der Waals surface area contributed by atoms with Gasteiger partial charge in [-0.25, -0.2) is 0 Å². The van der Waals surface area contributed by atoms with Gasteiger partial charge in [-0.3, -0.25) is 9.59 Å². The molecule has 1 fully saturated rings. The number of carboxylic acids is 1. The summed E-state index contributed by atoms with van der Waals surface area (Å²) in [5.41, 5.74) is 0. The van der Waals surface area contributed by atoms with Crippen molar-refractivity contribution in [1.82, 2.24) is 4.90 Å². The van der Waals surface area contributed by atoms with Gasteiger partial charge in [-0.05, 0) is 12.3 Å². The van der Waals surface area contributed by atoms with Crippen LogP contribution in [0, 0.1) is 11.8 Å². The first-order valence-electron chi connectivity index (χ1n) is 6.47. The van der Waals surface area contributed by atoms with E-state index in [1.807, 2.05) is 6.92 Å². The van der Waals surface area contributed by atoms with Crippen LogP contribution < -0.4 is 0 Å². The molecule has 0 aromatic carbocycles. The lowest BCUT2D eigenvalue weighted by atomic mass is 9.93. The van der Waals surface area contributed by atoms with E-state index in [9.17, 15) is 9.59 Å². The van der Waals surface area contributed by atoms with Crippen LogP contribution >= 0.6 is 0 Å². The number of carboxylic acid groups (broad SMARTS) is 1. The first-order valence-corrected chi connectivity index (χ1v) is 6.47. The Balaban J connectivity index is 2.31. The zero-order chi connectivity index (χ0) is 12.8. The summed E-state index contributed by atoms with van der Waals surface area (Å²) < 4.78 is 0. The summed E-state index contributed by atoms with van der Waals surface area (Å²) >= 11 is 0. The Bertz CT molecular complexity index is 272. The Morgan fingerprint density at radius 2 is 1.94 bits per heavy atom. The number of hydrogen-bond donors (Lipinski definition) is 1. The summed E-state index contributed by atoms with van der Waals surface area (Å²) in [6.45, 7) is 2.26. The average molecular weight is 241 g/mol. The van der Waals surface area contributed by atoms with Gasteiger partial charge in [0.05, 0.1) is 6.42 Å². The zero-order valence-electron chi connectivity index (χ0n) is 10.8. The zero-order valence-corrected chi connectivity index (χ0v) is 10.8. The predicted octanol–water partition coefficient (Wildman–Crippen LogP) is 2.14. The predicted molar refractivity (Wildman–Crippen MR) is 65.6 cm³/mol. The first kappa shape index (κ1) is 14.0. The Hall–Kier alpha value is -1.06.